The zero-order valence-corrected chi connectivity index (χ0v) is 11.2. The summed E-state index contributed by atoms with van der Waals surface area (Å²) in [4.78, 5) is 16.8. The van der Waals surface area contributed by atoms with E-state index in [4.69, 9.17) is 0 Å². The largest absolute Gasteiger partial charge is 0.293 e. The molecule has 0 saturated heterocycles. The second-order valence-electron chi connectivity index (χ2n) is 4.54. The van der Waals surface area contributed by atoms with Crippen LogP contribution in [0.15, 0.2) is 65.7 Å². The molecule has 1 atom stereocenters. The standard InChI is InChI=1S/C17H17NO/c1-13(17(19)15-9-5-3-6-10-15)14(2)18-16-11-7-4-8-12-16/h3-13H,1-2H3. The van der Waals surface area contributed by atoms with Gasteiger partial charge in [-0.05, 0) is 26.0 Å². The van der Waals surface area contributed by atoms with Crippen LogP contribution in [0.25, 0.3) is 0 Å². The maximum Gasteiger partial charge on any atom is 0.171 e. The van der Waals surface area contributed by atoms with E-state index in [0.29, 0.717) is 0 Å². The fourth-order valence-corrected chi connectivity index (χ4v) is 1.85. The molecule has 0 aliphatic heterocycles. The Labute approximate surface area is 113 Å². The van der Waals surface area contributed by atoms with E-state index in [1.54, 1.807) is 0 Å². The predicted molar refractivity (Wildman–Crippen MR) is 79.1 cm³/mol. The van der Waals surface area contributed by atoms with Crippen molar-refractivity contribution in [3.8, 4) is 0 Å². The number of para-hydroxylation sites is 1. The van der Waals surface area contributed by atoms with Crippen LogP contribution in [0.4, 0.5) is 5.69 Å². The van der Waals surface area contributed by atoms with Crippen LogP contribution < -0.4 is 0 Å². The van der Waals surface area contributed by atoms with Crippen LogP contribution in [0, 0.1) is 5.92 Å². The number of rotatable bonds is 4. The van der Waals surface area contributed by atoms with E-state index in [9.17, 15) is 4.79 Å². The topological polar surface area (TPSA) is 29.4 Å². The van der Waals surface area contributed by atoms with Crippen molar-refractivity contribution in [2.24, 2.45) is 10.9 Å². The van der Waals surface area contributed by atoms with Gasteiger partial charge in [0.15, 0.2) is 5.78 Å². The van der Waals surface area contributed by atoms with Gasteiger partial charge in [-0.1, -0.05) is 48.5 Å². The lowest BCUT2D eigenvalue weighted by molar-refractivity contribution is 0.0961. The number of carbonyl (C=O) groups excluding carboxylic acids is 1. The van der Waals surface area contributed by atoms with E-state index < -0.39 is 0 Å². The molecular formula is C17H17NO. The van der Waals surface area contributed by atoms with Gasteiger partial charge < -0.3 is 0 Å². The van der Waals surface area contributed by atoms with Gasteiger partial charge in [-0.3, -0.25) is 9.79 Å². The van der Waals surface area contributed by atoms with Gasteiger partial charge in [0.05, 0.1) is 11.6 Å². The highest BCUT2D eigenvalue weighted by Crippen LogP contribution is 2.15. The Hall–Kier alpha value is -2.22. The highest BCUT2D eigenvalue weighted by Gasteiger charge is 2.17. The molecule has 0 amide bonds. The average molecular weight is 251 g/mol. The number of Topliss-reactive ketones (excluding diaryl/α,β-unsaturated/α-hetero) is 1. The molecule has 0 aliphatic carbocycles. The summed E-state index contributed by atoms with van der Waals surface area (Å²) in [5.41, 5.74) is 2.45. The highest BCUT2D eigenvalue weighted by atomic mass is 16.1. The van der Waals surface area contributed by atoms with Gasteiger partial charge in [-0.25, -0.2) is 0 Å². The van der Waals surface area contributed by atoms with Crippen molar-refractivity contribution in [1.29, 1.82) is 0 Å². The number of hydrogen-bond acceptors (Lipinski definition) is 2. The van der Waals surface area contributed by atoms with Gasteiger partial charge in [0, 0.05) is 11.3 Å². The average Bonchev–Trinajstić information content (AvgIpc) is 2.47. The number of aliphatic imine (C=N–C) groups is 1. The minimum Gasteiger partial charge on any atom is -0.293 e. The van der Waals surface area contributed by atoms with Crippen LogP contribution in [0.3, 0.4) is 0 Å². The fourth-order valence-electron chi connectivity index (χ4n) is 1.85. The summed E-state index contributed by atoms with van der Waals surface area (Å²) in [7, 11) is 0. The van der Waals surface area contributed by atoms with E-state index in [2.05, 4.69) is 4.99 Å². The first-order valence-electron chi connectivity index (χ1n) is 6.38. The van der Waals surface area contributed by atoms with Crippen LogP contribution in [0.5, 0.6) is 0 Å². The van der Waals surface area contributed by atoms with Gasteiger partial charge in [0.2, 0.25) is 0 Å². The van der Waals surface area contributed by atoms with Crippen molar-refractivity contribution >= 4 is 17.2 Å². The van der Waals surface area contributed by atoms with Gasteiger partial charge in [-0.2, -0.15) is 0 Å². The first-order chi connectivity index (χ1) is 9.18. The molecule has 19 heavy (non-hydrogen) atoms. The zero-order valence-electron chi connectivity index (χ0n) is 11.2. The monoisotopic (exact) mass is 251 g/mol. The van der Waals surface area contributed by atoms with Gasteiger partial charge in [0.25, 0.3) is 0 Å². The van der Waals surface area contributed by atoms with E-state index in [-0.39, 0.29) is 11.7 Å². The third-order valence-electron chi connectivity index (χ3n) is 3.14. The molecular weight excluding hydrogens is 234 g/mol. The Kier molecular flexibility index (Phi) is 4.24. The summed E-state index contributed by atoms with van der Waals surface area (Å²) in [6.45, 7) is 3.80. The van der Waals surface area contributed by atoms with E-state index >= 15 is 0 Å². The lowest BCUT2D eigenvalue weighted by atomic mass is 9.95. The highest BCUT2D eigenvalue weighted by molar-refractivity contribution is 6.11. The Bertz CT molecular complexity index is 573. The van der Waals surface area contributed by atoms with Crippen LogP contribution in [0.1, 0.15) is 24.2 Å². The van der Waals surface area contributed by atoms with E-state index in [1.807, 2.05) is 74.5 Å². The molecule has 0 aliphatic rings. The summed E-state index contributed by atoms with van der Waals surface area (Å²) in [5, 5.41) is 0. The predicted octanol–water partition coefficient (Wildman–Crippen LogP) is 4.30. The van der Waals surface area contributed by atoms with E-state index in [0.717, 1.165) is 17.0 Å². The number of benzene rings is 2. The van der Waals surface area contributed by atoms with Crippen molar-refractivity contribution in [3.05, 3.63) is 66.2 Å². The summed E-state index contributed by atoms with van der Waals surface area (Å²) in [5.74, 6) is -0.0969. The molecule has 2 aromatic carbocycles. The second kappa shape index (κ2) is 6.10. The third-order valence-corrected chi connectivity index (χ3v) is 3.14. The fraction of sp³-hybridized carbons (Fsp3) is 0.176. The Balaban J connectivity index is 2.18. The lowest BCUT2D eigenvalue weighted by Crippen LogP contribution is -2.18. The van der Waals surface area contributed by atoms with Crippen LogP contribution in [0.2, 0.25) is 0 Å². The molecule has 0 radical (unpaired) electrons. The normalized spacial score (nSPS) is 13.1. The summed E-state index contributed by atoms with van der Waals surface area (Å²) >= 11 is 0. The maximum atomic E-state index is 12.3. The smallest absolute Gasteiger partial charge is 0.171 e. The summed E-state index contributed by atoms with van der Waals surface area (Å²) in [6.07, 6.45) is 0. The van der Waals surface area contributed by atoms with Crippen molar-refractivity contribution in [1.82, 2.24) is 0 Å². The third kappa shape index (κ3) is 3.38. The minimum atomic E-state index is -0.206. The molecule has 0 heterocycles. The number of ketones is 1. The molecule has 2 aromatic rings. The van der Waals surface area contributed by atoms with Crippen LogP contribution >= 0.6 is 0 Å². The van der Waals surface area contributed by atoms with Crippen molar-refractivity contribution < 1.29 is 4.79 Å². The summed E-state index contributed by atoms with van der Waals surface area (Å²) in [6, 6.07) is 19.0. The van der Waals surface area contributed by atoms with Crippen LogP contribution in [-0.2, 0) is 0 Å². The van der Waals surface area contributed by atoms with Gasteiger partial charge >= 0.3 is 0 Å². The summed E-state index contributed by atoms with van der Waals surface area (Å²) < 4.78 is 0. The van der Waals surface area contributed by atoms with Crippen molar-refractivity contribution in [3.63, 3.8) is 0 Å². The quantitative estimate of drug-likeness (QED) is 0.588. The van der Waals surface area contributed by atoms with E-state index in [1.165, 1.54) is 0 Å². The molecule has 0 bridgehead atoms. The second-order valence-corrected chi connectivity index (χ2v) is 4.54. The number of carbonyl (C=O) groups is 1. The molecule has 0 spiro atoms. The number of hydrogen-bond donors (Lipinski definition) is 0. The molecule has 2 heteroatoms. The zero-order chi connectivity index (χ0) is 13.7. The van der Waals surface area contributed by atoms with Gasteiger partial charge in [-0.15, -0.1) is 0 Å². The van der Waals surface area contributed by atoms with Crippen LogP contribution in [-0.4, -0.2) is 11.5 Å². The van der Waals surface area contributed by atoms with Gasteiger partial charge in [0.1, 0.15) is 0 Å². The first kappa shape index (κ1) is 13.2. The lowest BCUT2D eigenvalue weighted by Gasteiger charge is -2.10. The Morgan fingerprint density at radius 1 is 0.947 bits per heavy atom. The minimum absolute atomic E-state index is 0.109. The molecule has 2 rings (SSSR count). The number of nitrogens with zero attached hydrogens (tertiary/aromatic N) is 1. The maximum absolute atomic E-state index is 12.3. The molecule has 0 fully saturated rings. The molecule has 2 nitrogen and oxygen atoms in total. The Morgan fingerprint density at radius 3 is 2.05 bits per heavy atom. The molecule has 0 saturated carbocycles. The molecule has 0 aromatic heterocycles. The SMILES string of the molecule is CC(=Nc1ccccc1)C(C)C(=O)c1ccccc1. The first-order valence-corrected chi connectivity index (χ1v) is 6.38. The molecule has 0 N–H and O–H groups in total. The Morgan fingerprint density at radius 2 is 1.47 bits per heavy atom. The van der Waals surface area contributed by atoms with Crippen molar-refractivity contribution in [2.75, 3.05) is 0 Å². The molecule has 1 unspecified atom stereocenters. The molecule has 96 valence electrons. The van der Waals surface area contributed by atoms with Crippen molar-refractivity contribution in [2.45, 2.75) is 13.8 Å².